The van der Waals surface area contributed by atoms with E-state index in [9.17, 15) is 9.18 Å². The van der Waals surface area contributed by atoms with Crippen molar-refractivity contribution in [1.82, 2.24) is 10.2 Å². The number of carbonyl (C=O) groups excluding carboxylic acids is 1. The Balaban J connectivity index is 2.15. The molecule has 31 heavy (non-hydrogen) atoms. The van der Waals surface area contributed by atoms with Gasteiger partial charge in [-0.25, -0.2) is 4.39 Å². The Hall–Kier alpha value is -1.80. The Bertz CT molecular complexity index is 681. The van der Waals surface area contributed by atoms with Crippen molar-refractivity contribution in [3.05, 3.63) is 47.4 Å². The highest BCUT2D eigenvalue weighted by atomic mass is 19.1. The minimum atomic E-state index is -0.475. The van der Waals surface area contributed by atoms with Crippen LogP contribution in [0.4, 0.5) is 4.39 Å². The molecule has 0 spiro atoms. The van der Waals surface area contributed by atoms with Gasteiger partial charge in [-0.05, 0) is 49.5 Å². The number of nitrogens with one attached hydrogen (secondary N) is 1. The van der Waals surface area contributed by atoms with Crippen LogP contribution in [-0.4, -0.2) is 76.1 Å². The molecule has 0 unspecified atom stereocenters. The maximum absolute atomic E-state index is 13.7. The lowest BCUT2D eigenvalue weighted by atomic mass is 10.0. The fourth-order valence-electron chi connectivity index (χ4n) is 3.43. The van der Waals surface area contributed by atoms with Gasteiger partial charge in [-0.1, -0.05) is 25.2 Å². The number of hydrogen-bond donors (Lipinski definition) is 1. The number of carbonyl (C=O) groups is 1. The average molecular weight is 437 g/mol. The molecule has 6 nitrogen and oxygen atoms in total. The van der Waals surface area contributed by atoms with Crippen molar-refractivity contribution >= 4 is 5.91 Å². The van der Waals surface area contributed by atoms with Crippen LogP contribution in [0.5, 0.6) is 0 Å². The van der Waals surface area contributed by atoms with Gasteiger partial charge in [0.15, 0.2) is 0 Å². The summed E-state index contributed by atoms with van der Waals surface area (Å²) in [5.74, 6) is -0.277. The highest BCUT2D eigenvalue weighted by Gasteiger charge is 2.29. The van der Waals surface area contributed by atoms with Gasteiger partial charge in [-0.15, -0.1) is 0 Å². The highest BCUT2D eigenvalue weighted by Crippen LogP contribution is 2.20. The molecule has 0 bridgehead atoms. The molecule has 0 saturated carbocycles. The molecule has 2 atom stereocenters. The fraction of sp³-hybridized carbons (Fsp3) is 0.625. The van der Waals surface area contributed by atoms with Crippen molar-refractivity contribution in [2.45, 2.75) is 45.3 Å². The summed E-state index contributed by atoms with van der Waals surface area (Å²) in [4.78, 5) is 15.1. The van der Waals surface area contributed by atoms with Crippen molar-refractivity contribution in [3.8, 4) is 0 Å². The van der Waals surface area contributed by atoms with Crippen LogP contribution >= 0.6 is 0 Å². The van der Waals surface area contributed by atoms with Crippen molar-refractivity contribution in [1.29, 1.82) is 0 Å². The minimum Gasteiger partial charge on any atom is -0.385 e. The summed E-state index contributed by atoms with van der Waals surface area (Å²) in [5.41, 5.74) is 1.80. The number of amides is 1. The topological polar surface area (TPSA) is 60.0 Å². The number of morpholine rings is 1. The van der Waals surface area contributed by atoms with E-state index in [1.165, 1.54) is 12.2 Å². The first kappa shape index (κ1) is 25.5. The number of allylic oxidation sites excluding steroid dienone is 5. The van der Waals surface area contributed by atoms with Crippen molar-refractivity contribution in [2.24, 2.45) is 0 Å². The molecule has 1 heterocycles. The van der Waals surface area contributed by atoms with Gasteiger partial charge in [0.25, 0.3) is 5.91 Å². The van der Waals surface area contributed by atoms with Gasteiger partial charge in [0.1, 0.15) is 11.9 Å². The molecule has 1 amide bonds. The summed E-state index contributed by atoms with van der Waals surface area (Å²) in [6.45, 7) is 8.03. The first-order valence-corrected chi connectivity index (χ1v) is 11.2. The molecule has 2 aliphatic rings. The van der Waals surface area contributed by atoms with Gasteiger partial charge in [-0.3, -0.25) is 4.79 Å². The van der Waals surface area contributed by atoms with E-state index in [2.05, 4.69) is 12.2 Å². The zero-order valence-electron chi connectivity index (χ0n) is 19.1. The third kappa shape index (κ3) is 9.07. The lowest BCUT2D eigenvalue weighted by Gasteiger charge is -2.34. The quantitative estimate of drug-likeness (QED) is 0.476. The van der Waals surface area contributed by atoms with E-state index in [1.54, 1.807) is 13.2 Å². The van der Waals surface area contributed by atoms with E-state index >= 15 is 0 Å². The summed E-state index contributed by atoms with van der Waals surface area (Å²) >= 11 is 0. The smallest absolute Gasteiger partial charge is 0.253 e. The average Bonchev–Trinajstić information content (AvgIpc) is 2.79. The lowest BCUT2D eigenvalue weighted by Crippen LogP contribution is -2.52. The third-order valence-electron chi connectivity index (χ3n) is 5.39. The monoisotopic (exact) mass is 436 g/mol. The number of methoxy groups -OCH3 is 1. The summed E-state index contributed by atoms with van der Waals surface area (Å²) < 4.78 is 30.2. The van der Waals surface area contributed by atoms with Crippen molar-refractivity contribution in [2.75, 3.05) is 53.2 Å². The molecule has 0 aromatic rings. The molecule has 174 valence electrons. The normalized spacial score (nSPS) is 21.8. The fourth-order valence-corrected chi connectivity index (χ4v) is 3.43. The Labute approximate surface area is 185 Å². The second-order valence-electron chi connectivity index (χ2n) is 7.84. The first-order chi connectivity index (χ1) is 15.0. The summed E-state index contributed by atoms with van der Waals surface area (Å²) in [5, 5.41) is 3.22. The van der Waals surface area contributed by atoms with E-state index in [-0.39, 0.29) is 17.8 Å². The number of nitrogens with zero attached hydrogens (tertiary/aromatic N) is 1. The van der Waals surface area contributed by atoms with Gasteiger partial charge in [0.05, 0.1) is 13.2 Å². The van der Waals surface area contributed by atoms with Gasteiger partial charge in [0.2, 0.25) is 0 Å². The zero-order valence-corrected chi connectivity index (χ0v) is 19.1. The zero-order chi connectivity index (χ0) is 22.5. The predicted octanol–water partition coefficient (Wildman–Crippen LogP) is 3.32. The van der Waals surface area contributed by atoms with E-state index in [4.69, 9.17) is 14.2 Å². The molecule has 1 fully saturated rings. The van der Waals surface area contributed by atoms with Crippen LogP contribution in [0.25, 0.3) is 0 Å². The van der Waals surface area contributed by atoms with E-state index < -0.39 is 6.10 Å². The molecule has 1 saturated heterocycles. The molecule has 2 rings (SSSR count). The summed E-state index contributed by atoms with van der Waals surface area (Å²) in [7, 11) is 1.67. The van der Waals surface area contributed by atoms with Crippen LogP contribution in [0.2, 0.25) is 0 Å². The van der Waals surface area contributed by atoms with Crippen molar-refractivity contribution < 1.29 is 23.4 Å². The second-order valence-corrected chi connectivity index (χ2v) is 7.84. The lowest BCUT2D eigenvalue weighted by molar-refractivity contribution is -0.146. The Morgan fingerprint density at radius 2 is 2.29 bits per heavy atom. The summed E-state index contributed by atoms with van der Waals surface area (Å²) in [6.07, 6.45) is 10.6. The largest absolute Gasteiger partial charge is 0.385 e. The molecule has 0 aromatic carbocycles. The predicted molar refractivity (Wildman–Crippen MR) is 121 cm³/mol. The maximum atomic E-state index is 13.7. The highest BCUT2D eigenvalue weighted by molar-refractivity contribution is 5.82. The van der Waals surface area contributed by atoms with Crippen molar-refractivity contribution in [3.63, 3.8) is 0 Å². The SMILES string of the molecule is CC[C@H](C)N(CC(/C=C1/C=C(F)C=CC1)=C/COCCCOC)C(=O)[C@H]1CNCCO1. The number of rotatable bonds is 12. The number of hydrogen-bond acceptors (Lipinski definition) is 5. The molecule has 1 aliphatic carbocycles. The van der Waals surface area contributed by atoms with Crippen LogP contribution in [0.3, 0.4) is 0 Å². The van der Waals surface area contributed by atoms with Crippen LogP contribution in [0.15, 0.2) is 47.4 Å². The second kappa shape index (κ2) is 14.3. The van der Waals surface area contributed by atoms with Gasteiger partial charge in [-0.2, -0.15) is 0 Å². The van der Waals surface area contributed by atoms with Crippen LogP contribution in [0, 0.1) is 0 Å². The van der Waals surface area contributed by atoms with Crippen LogP contribution < -0.4 is 5.32 Å². The molecule has 7 heteroatoms. The number of halogens is 1. The first-order valence-electron chi connectivity index (χ1n) is 11.2. The Morgan fingerprint density at radius 3 is 2.97 bits per heavy atom. The minimum absolute atomic E-state index is 0.0166. The van der Waals surface area contributed by atoms with Gasteiger partial charge < -0.3 is 24.4 Å². The van der Waals surface area contributed by atoms with E-state index in [0.717, 1.165) is 30.5 Å². The molecule has 0 aromatic heterocycles. The number of ether oxygens (including phenoxy) is 3. The molecule has 1 N–H and O–H groups in total. The van der Waals surface area contributed by atoms with Gasteiger partial charge >= 0.3 is 0 Å². The van der Waals surface area contributed by atoms with Gasteiger partial charge in [0, 0.05) is 46.0 Å². The molecular weight excluding hydrogens is 399 g/mol. The Kier molecular flexibility index (Phi) is 11.7. The van der Waals surface area contributed by atoms with Crippen LogP contribution in [0.1, 0.15) is 33.1 Å². The maximum Gasteiger partial charge on any atom is 0.253 e. The molecular formula is C24H37FN2O4. The molecule has 1 aliphatic heterocycles. The standard InChI is InChI=1S/C24H37FN2O4/c1-4-19(2)27(24(28)23-17-26-10-14-31-23)18-21(9-13-30-12-6-11-29-3)15-20-7-5-8-22(25)16-20/h5,8-9,15-16,19,23,26H,4,6-7,10-14,17-18H2,1-3H3/b20-15+,21-9+/t19-,23+/m0/s1. The Morgan fingerprint density at radius 1 is 1.45 bits per heavy atom. The van der Waals surface area contributed by atoms with E-state index in [1.807, 2.05) is 24.0 Å². The molecule has 0 radical (unpaired) electrons. The third-order valence-corrected chi connectivity index (χ3v) is 5.39. The van der Waals surface area contributed by atoms with E-state index in [0.29, 0.717) is 45.9 Å². The van der Waals surface area contributed by atoms with Crippen LogP contribution in [-0.2, 0) is 19.0 Å². The summed E-state index contributed by atoms with van der Waals surface area (Å²) in [6, 6.07) is 0.0565.